The lowest BCUT2D eigenvalue weighted by Gasteiger charge is -2.32. The van der Waals surface area contributed by atoms with Gasteiger partial charge in [0.15, 0.2) is 11.5 Å². The van der Waals surface area contributed by atoms with E-state index in [4.69, 9.17) is 14.7 Å². The molecular formula is C23H30N4O2. The lowest BCUT2D eigenvalue weighted by Crippen LogP contribution is -2.41. The maximum atomic E-state index is 8.65. The molecule has 0 saturated carbocycles. The van der Waals surface area contributed by atoms with Gasteiger partial charge >= 0.3 is 0 Å². The van der Waals surface area contributed by atoms with Crippen LogP contribution in [-0.4, -0.2) is 42.7 Å². The zero-order chi connectivity index (χ0) is 20.3. The van der Waals surface area contributed by atoms with E-state index in [1.807, 2.05) is 30.5 Å². The third kappa shape index (κ3) is 6.74. The van der Waals surface area contributed by atoms with Crippen LogP contribution >= 0.6 is 0 Å². The Balaban J connectivity index is 1.44. The van der Waals surface area contributed by atoms with Crippen LogP contribution in [0.4, 0.5) is 0 Å². The van der Waals surface area contributed by atoms with Crippen molar-refractivity contribution in [2.45, 2.75) is 44.8 Å². The highest BCUT2D eigenvalue weighted by atomic mass is 16.5. The topological polar surface area (TPSA) is 70.4 Å². The molecule has 0 unspecified atom stereocenters. The van der Waals surface area contributed by atoms with E-state index in [0.29, 0.717) is 19.1 Å². The van der Waals surface area contributed by atoms with Crippen LogP contribution in [0.5, 0.6) is 11.5 Å². The summed E-state index contributed by atoms with van der Waals surface area (Å²) >= 11 is 0. The van der Waals surface area contributed by atoms with Crippen LogP contribution in [0, 0.1) is 11.3 Å². The fraction of sp³-hybridized carbons (Fsp3) is 0.478. The first-order valence-corrected chi connectivity index (χ1v) is 10.3. The van der Waals surface area contributed by atoms with Crippen molar-refractivity contribution in [3.05, 3.63) is 53.9 Å². The van der Waals surface area contributed by atoms with Crippen molar-refractivity contribution in [1.29, 1.82) is 5.26 Å². The SMILES string of the molecule is COc1ccc(CNC2CCN(Cc3ccccn3)CC2)cc1OCCCC#N. The molecule has 0 bridgehead atoms. The fourth-order valence-electron chi connectivity index (χ4n) is 3.56. The van der Waals surface area contributed by atoms with Gasteiger partial charge in [-0.3, -0.25) is 9.88 Å². The molecule has 0 atom stereocenters. The minimum atomic E-state index is 0.503. The molecule has 6 heteroatoms. The van der Waals surface area contributed by atoms with Crippen molar-refractivity contribution < 1.29 is 9.47 Å². The average molecular weight is 395 g/mol. The van der Waals surface area contributed by atoms with Crippen molar-refractivity contribution in [2.75, 3.05) is 26.8 Å². The third-order valence-corrected chi connectivity index (χ3v) is 5.21. The van der Waals surface area contributed by atoms with Gasteiger partial charge in [-0.1, -0.05) is 12.1 Å². The quantitative estimate of drug-likeness (QED) is 0.622. The molecule has 1 fully saturated rings. The number of rotatable bonds is 10. The van der Waals surface area contributed by atoms with Gasteiger partial charge < -0.3 is 14.8 Å². The monoisotopic (exact) mass is 394 g/mol. The Hall–Kier alpha value is -2.62. The lowest BCUT2D eigenvalue weighted by molar-refractivity contribution is 0.188. The Morgan fingerprint density at radius 1 is 1.21 bits per heavy atom. The first-order valence-electron chi connectivity index (χ1n) is 10.3. The summed E-state index contributed by atoms with van der Waals surface area (Å²) < 4.78 is 11.2. The summed E-state index contributed by atoms with van der Waals surface area (Å²) in [5.41, 5.74) is 2.32. The van der Waals surface area contributed by atoms with Crippen LogP contribution in [0.2, 0.25) is 0 Å². The number of likely N-dealkylation sites (tertiary alicyclic amines) is 1. The summed E-state index contributed by atoms with van der Waals surface area (Å²) in [5.74, 6) is 1.48. The van der Waals surface area contributed by atoms with Crippen LogP contribution < -0.4 is 14.8 Å². The van der Waals surface area contributed by atoms with Gasteiger partial charge in [-0.05, 0) is 49.1 Å². The number of nitrogens with zero attached hydrogens (tertiary/aromatic N) is 3. The van der Waals surface area contributed by atoms with E-state index in [9.17, 15) is 0 Å². The van der Waals surface area contributed by atoms with E-state index in [1.165, 1.54) is 5.56 Å². The number of benzene rings is 1. The van der Waals surface area contributed by atoms with Crippen LogP contribution in [-0.2, 0) is 13.1 Å². The van der Waals surface area contributed by atoms with Gasteiger partial charge in [0.25, 0.3) is 0 Å². The molecule has 2 heterocycles. The second kappa shape index (κ2) is 11.4. The Morgan fingerprint density at radius 3 is 2.79 bits per heavy atom. The van der Waals surface area contributed by atoms with Crippen molar-refractivity contribution >= 4 is 0 Å². The predicted molar refractivity (Wildman–Crippen MR) is 113 cm³/mol. The lowest BCUT2D eigenvalue weighted by atomic mass is 10.0. The van der Waals surface area contributed by atoms with Gasteiger partial charge in [-0.25, -0.2) is 0 Å². The van der Waals surface area contributed by atoms with Gasteiger partial charge in [0.1, 0.15) is 0 Å². The van der Waals surface area contributed by atoms with E-state index >= 15 is 0 Å². The number of piperidine rings is 1. The third-order valence-electron chi connectivity index (χ3n) is 5.21. The van der Waals surface area contributed by atoms with Gasteiger partial charge in [-0.15, -0.1) is 0 Å². The summed E-state index contributed by atoms with van der Waals surface area (Å²) in [4.78, 5) is 6.90. The van der Waals surface area contributed by atoms with E-state index in [2.05, 4.69) is 33.4 Å². The van der Waals surface area contributed by atoms with E-state index in [-0.39, 0.29) is 0 Å². The number of unbranched alkanes of at least 4 members (excludes halogenated alkanes) is 1. The Bertz CT molecular complexity index is 783. The van der Waals surface area contributed by atoms with Gasteiger partial charge in [0.05, 0.1) is 25.5 Å². The molecule has 0 aliphatic carbocycles. The molecule has 1 N–H and O–H groups in total. The van der Waals surface area contributed by atoms with Crippen molar-refractivity contribution in [1.82, 2.24) is 15.2 Å². The highest BCUT2D eigenvalue weighted by Gasteiger charge is 2.19. The summed E-state index contributed by atoms with van der Waals surface area (Å²) in [5, 5.41) is 12.3. The normalized spacial score (nSPS) is 15.0. The van der Waals surface area contributed by atoms with Crippen molar-refractivity contribution in [3.63, 3.8) is 0 Å². The van der Waals surface area contributed by atoms with Crippen LogP contribution in [0.25, 0.3) is 0 Å². The maximum Gasteiger partial charge on any atom is 0.161 e. The predicted octanol–water partition coefficient (Wildman–Crippen LogP) is 3.53. The second-order valence-electron chi connectivity index (χ2n) is 7.35. The summed E-state index contributed by atoms with van der Waals surface area (Å²) in [6.07, 6.45) is 5.36. The molecular weight excluding hydrogens is 364 g/mol. The highest BCUT2D eigenvalue weighted by molar-refractivity contribution is 5.43. The molecule has 0 radical (unpaired) electrons. The molecule has 6 nitrogen and oxygen atoms in total. The Kier molecular flexibility index (Phi) is 8.29. The summed E-state index contributed by atoms with van der Waals surface area (Å²) in [6.45, 7) is 4.44. The number of hydrogen-bond acceptors (Lipinski definition) is 6. The molecule has 2 aromatic rings. The minimum Gasteiger partial charge on any atom is -0.493 e. The Labute approximate surface area is 173 Å². The molecule has 1 aliphatic rings. The molecule has 3 rings (SSSR count). The second-order valence-corrected chi connectivity index (χ2v) is 7.35. The van der Waals surface area contributed by atoms with Crippen LogP contribution in [0.15, 0.2) is 42.6 Å². The van der Waals surface area contributed by atoms with Gasteiger partial charge in [0, 0.05) is 44.8 Å². The fourth-order valence-corrected chi connectivity index (χ4v) is 3.56. The molecule has 1 aliphatic heterocycles. The molecule has 1 aromatic heterocycles. The highest BCUT2D eigenvalue weighted by Crippen LogP contribution is 2.28. The molecule has 1 aromatic carbocycles. The molecule has 0 amide bonds. The van der Waals surface area contributed by atoms with E-state index in [1.54, 1.807) is 7.11 Å². The van der Waals surface area contributed by atoms with Gasteiger partial charge in [0.2, 0.25) is 0 Å². The zero-order valence-corrected chi connectivity index (χ0v) is 17.1. The molecule has 1 saturated heterocycles. The summed E-state index contributed by atoms with van der Waals surface area (Å²) in [6, 6.07) is 14.8. The smallest absolute Gasteiger partial charge is 0.161 e. The van der Waals surface area contributed by atoms with Gasteiger partial charge in [-0.2, -0.15) is 5.26 Å². The molecule has 29 heavy (non-hydrogen) atoms. The number of methoxy groups -OCH3 is 1. The van der Waals surface area contributed by atoms with Crippen molar-refractivity contribution in [2.24, 2.45) is 0 Å². The van der Waals surface area contributed by atoms with E-state index < -0.39 is 0 Å². The zero-order valence-electron chi connectivity index (χ0n) is 17.1. The number of pyridine rings is 1. The van der Waals surface area contributed by atoms with Crippen LogP contribution in [0.1, 0.15) is 36.9 Å². The number of nitrogens with one attached hydrogen (secondary N) is 1. The average Bonchev–Trinajstić information content (AvgIpc) is 2.77. The maximum absolute atomic E-state index is 8.65. The Morgan fingerprint density at radius 2 is 2.07 bits per heavy atom. The number of ether oxygens (including phenoxy) is 2. The largest absolute Gasteiger partial charge is 0.493 e. The number of hydrogen-bond donors (Lipinski definition) is 1. The minimum absolute atomic E-state index is 0.503. The number of nitriles is 1. The molecule has 154 valence electrons. The first-order chi connectivity index (χ1) is 14.3. The molecule has 0 spiro atoms. The number of aromatic nitrogens is 1. The standard InChI is InChI=1S/C23H30N4O2/c1-28-22-8-7-19(16-23(22)29-15-5-3-11-24)17-26-20-9-13-27(14-10-20)18-21-6-2-4-12-25-21/h2,4,6-8,12,16,20,26H,3,5,9-10,13-15,17-18H2,1H3. The van der Waals surface area contributed by atoms with E-state index in [0.717, 1.165) is 62.6 Å². The summed E-state index contributed by atoms with van der Waals surface area (Å²) in [7, 11) is 1.65. The van der Waals surface area contributed by atoms with Crippen LogP contribution in [0.3, 0.4) is 0 Å². The van der Waals surface area contributed by atoms with Crippen molar-refractivity contribution in [3.8, 4) is 17.6 Å². The first kappa shape index (κ1) is 21.1.